The zero-order chi connectivity index (χ0) is 18.8. The molecule has 6 heteroatoms. The van der Waals surface area contributed by atoms with Crippen molar-refractivity contribution in [2.75, 3.05) is 5.32 Å². The van der Waals surface area contributed by atoms with Crippen LogP contribution in [0.2, 0.25) is 0 Å². The molecule has 136 valence electrons. The van der Waals surface area contributed by atoms with Crippen LogP contribution in [0.25, 0.3) is 0 Å². The lowest BCUT2D eigenvalue weighted by Gasteiger charge is -2.11. The van der Waals surface area contributed by atoms with Gasteiger partial charge in [-0.1, -0.05) is 49.7 Å². The third-order valence-electron chi connectivity index (χ3n) is 3.69. The molecule has 2 aromatic carbocycles. The van der Waals surface area contributed by atoms with Gasteiger partial charge in [0.05, 0.1) is 0 Å². The normalized spacial score (nSPS) is 10.0. The summed E-state index contributed by atoms with van der Waals surface area (Å²) in [5.74, 6) is -0.281. The van der Waals surface area contributed by atoms with Crippen LogP contribution in [-0.4, -0.2) is 16.9 Å². The summed E-state index contributed by atoms with van der Waals surface area (Å²) in [6.45, 7) is 2.49. The lowest BCUT2D eigenvalue weighted by Crippen LogP contribution is -2.34. The molecule has 0 saturated carbocycles. The van der Waals surface area contributed by atoms with Gasteiger partial charge < -0.3 is 16.0 Å². The van der Waals surface area contributed by atoms with Crippen LogP contribution in [0.4, 0.5) is 5.69 Å². The molecule has 2 aromatic rings. The monoisotopic (exact) mass is 369 g/mol. The molecule has 0 unspecified atom stereocenters. The molecule has 0 heterocycles. The minimum Gasteiger partial charge on any atom is -0.348 e. The van der Waals surface area contributed by atoms with Crippen molar-refractivity contribution in [3.8, 4) is 0 Å². The summed E-state index contributed by atoms with van der Waals surface area (Å²) < 4.78 is 0. The fourth-order valence-corrected chi connectivity index (χ4v) is 2.54. The Morgan fingerprint density at radius 2 is 1.81 bits per heavy atom. The molecule has 0 fully saturated rings. The average Bonchev–Trinajstić information content (AvgIpc) is 2.65. The van der Waals surface area contributed by atoms with Crippen LogP contribution in [0.3, 0.4) is 0 Å². The largest absolute Gasteiger partial charge is 0.348 e. The molecule has 0 radical (unpaired) electrons. The lowest BCUT2D eigenvalue weighted by atomic mass is 10.1. The zero-order valence-corrected chi connectivity index (χ0v) is 15.6. The van der Waals surface area contributed by atoms with Crippen LogP contribution >= 0.6 is 12.2 Å². The Morgan fingerprint density at radius 3 is 2.54 bits per heavy atom. The predicted molar refractivity (Wildman–Crippen MR) is 108 cm³/mol. The Morgan fingerprint density at radius 1 is 1.04 bits per heavy atom. The van der Waals surface area contributed by atoms with E-state index < -0.39 is 0 Å². The van der Waals surface area contributed by atoms with Crippen molar-refractivity contribution in [3.05, 3.63) is 65.7 Å². The van der Waals surface area contributed by atoms with E-state index in [9.17, 15) is 9.59 Å². The highest BCUT2D eigenvalue weighted by molar-refractivity contribution is 7.80. The number of benzene rings is 2. The summed E-state index contributed by atoms with van der Waals surface area (Å²) >= 11 is 5.14. The predicted octanol–water partition coefficient (Wildman–Crippen LogP) is 3.62. The van der Waals surface area contributed by atoms with Gasteiger partial charge in [0.15, 0.2) is 5.11 Å². The Kier molecular flexibility index (Phi) is 7.76. The highest BCUT2D eigenvalue weighted by Crippen LogP contribution is 2.11. The van der Waals surface area contributed by atoms with Crippen LogP contribution in [0.1, 0.15) is 42.1 Å². The van der Waals surface area contributed by atoms with E-state index in [1.807, 2.05) is 37.3 Å². The van der Waals surface area contributed by atoms with E-state index in [2.05, 4.69) is 16.0 Å². The van der Waals surface area contributed by atoms with Gasteiger partial charge in [0.1, 0.15) is 0 Å². The van der Waals surface area contributed by atoms with Crippen molar-refractivity contribution in [1.29, 1.82) is 0 Å². The zero-order valence-electron chi connectivity index (χ0n) is 14.7. The number of rotatable bonds is 7. The fraction of sp³-hybridized carbons (Fsp3) is 0.250. The smallest absolute Gasteiger partial charge is 0.251 e. The van der Waals surface area contributed by atoms with E-state index >= 15 is 0 Å². The summed E-state index contributed by atoms with van der Waals surface area (Å²) in [4.78, 5) is 24.0. The van der Waals surface area contributed by atoms with E-state index in [1.165, 1.54) is 0 Å². The Labute approximate surface area is 159 Å². The summed E-state index contributed by atoms with van der Waals surface area (Å²) in [5, 5.41) is 8.69. The Bertz CT molecular complexity index is 763. The van der Waals surface area contributed by atoms with Gasteiger partial charge in [-0.25, -0.2) is 0 Å². The highest BCUT2D eigenvalue weighted by Gasteiger charge is 2.08. The SMILES string of the molecule is CCCCC(=O)NC(=S)Nc1cccc(C(=O)NCc2ccccc2)c1. The summed E-state index contributed by atoms with van der Waals surface area (Å²) in [5.41, 5.74) is 2.20. The third kappa shape index (κ3) is 6.64. The Hall–Kier alpha value is -2.73. The van der Waals surface area contributed by atoms with E-state index in [0.717, 1.165) is 18.4 Å². The molecule has 0 aliphatic carbocycles. The molecule has 3 N–H and O–H groups in total. The quantitative estimate of drug-likeness (QED) is 0.652. The minimum absolute atomic E-state index is 0.110. The molecule has 0 bridgehead atoms. The number of thiocarbonyl (C=S) groups is 1. The molecular formula is C20H23N3O2S. The number of nitrogens with one attached hydrogen (secondary N) is 3. The first kappa shape index (κ1) is 19.6. The molecule has 0 saturated heterocycles. The first-order chi connectivity index (χ1) is 12.6. The average molecular weight is 369 g/mol. The second kappa shape index (κ2) is 10.3. The number of amides is 2. The van der Waals surface area contributed by atoms with Crippen molar-refractivity contribution in [2.45, 2.75) is 32.7 Å². The number of carbonyl (C=O) groups is 2. The summed E-state index contributed by atoms with van der Waals surface area (Å²) in [6, 6.07) is 16.7. The first-order valence-electron chi connectivity index (χ1n) is 8.61. The molecule has 0 aliphatic heterocycles. The molecule has 2 amide bonds. The standard InChI is InChI=1S/C20H23N3O2S/c1-2-3-12-18(24)23-20(26)22-17-11-7-10-16(13-17)19(25)21-14-15-8-5-4-6-9-15/h4-11,13H,2-3,12,14H2,1H3,(H,21,25)(H2,22,23,24,26). The maximum atomic E-state index is 12.3. The van der Waals surface area contributed by atoms with E-state index in [1.54, 1.807) is 24.3 Å². The second-order valence-electron chi connectivity index (χ2n) is 5.85. The van der Waals surface area contributed by atoms with Gasteiger partial charge in [0.2, 0.25) is 5.91 Å². The Balaban J connectivity index is 1.89. The van der Waals surface area contributed by atoms with E-state index in [4.69, 9.17) is 12.2 Å². The topological polar surface area (TPSA) is 70.2 Å². The lowest BCUT2D eigenvalue weighted by molar-refractivity contribution is -0.119. The summed E-state index contributed by atoms with van der Waals surface area (Å²) in [7, 11) is 0. The van der Waals surface area contributed by atoms with Gasteiger partial charge in [-0.15, -0.1) is 0 Å². The van der Waals surface area contributed by atoms with Crippen LogP contribution in [0, 0.1) is 0 Å². The van der Waals surface area contributed by atoms with Crippen LogP contribution in [0.5, 0.6) is 0 Å². The van der Waals surface area contributed by atoms with Crippen LogP contribution < -0.4 is 16.0 Å². The van der Waals surface area contributed by atoms with E-state index in [0.29, 0.717) is 24.2 Å². The first-order valence-corrected chi connectivity index (χ1v) is 9.02. The molecule has 0 atom stereocenters. The molecule has 2 rings (SSSR count). The van der Waals surface area contributed by atoms with Crippen molar-refractivity contribution >= 4 is 34.8 Å². The molecule has 26 heavy (non-hydrogen) atoms. The number of anilines is 1. The van der Waals surface area contributed by atoms with Crippen molar-refractivity contribution in [3.63, 3.8) is 0 Å². The second-order valence-corrected chi connectivity index (χ2v) is 6.26. The molecule has 5 nitrogen and oxygen atoms in total. The van der Waals surface area contributed by atoms with Gasteiger partial charge >= 0.3 is 0 Å². The van der Waals surface area contributed by atoms with Crippen molar-refractivity contribution in [1.82, 2.24) is 10.6 Å². The number of carbonyl (C=O) groups excluding carboxylic acids is 2. The van der Waals surface area contributed by atoms with E-state index in [-0.39, 0.29) is 16.9 Å². The maximum absolute atomic E-state index is 12.3. The summed E-state index contributed by atoms with van der Waals surface area (Å²) in [6.07, 6.45) is 2.22. The fourth-order valence-electron chi connectivity index (χ4n) is 2.31. The number of hydrogen-bond donors (Lipinski definition) is 3. The molecule has 0 aliphatic rings. The van der Waals surface area contributed by atoms with Crippen LogP contribution in [-0.2, 0) is 11.3 Å². The van der Waals surface area contributed by atoms with Gasteiger partial charge in [-0.05, 0) is 42.4 Å². The minimum atomic E-state index is -0.171. The number of unbranched alkanes of at least 4 members (excludes halogenated alkanes) is 1. The van der Waals surface area contributed by atoms with Gasteiger partial charge in [0, 0.05) is 24.2 Å². The van der Waals surface area contributed by atoms with Gasteiger partial charge in [-0.3, -0.25) is 9.59 Å². The molecule has 0 aromatic heterocycles. The van der Waals surface area contributed by atoms with Crippen LogP contribution in [0.15, 0.2) is 54.6 Å². The van der Waals surface area contributed by atoms with Crippen molar-refractivity contribution in [2.24, 2.45) is 0 Å². The van der Waals surface area contributed by atoms with Gasteiger partial charge in [0.25, 0.3) is 5.91 Å². The number of hydrogen-bond acceptors (Lipinski definition) is 3. The van der Waals surface area contributed by atoms with Crippen molar-refractivity contribution < 1.29 is 9.59 Å². The molecule has 0 spiro atoms. The maximum Gasteiger partial charge on any atom is 0.251 e. The third-order valence-corrected chi connectivity index (χ3v) is 3.89. The van der Waals surface area contributed by atoms with Gasteiger partial charge in [-0.2, -0.15) is 0 Å². The highest BCUT2D eigenvalue weighted by atomic mass is 32.1. The molecular weight excluding hydrogens is 346 g/mol.